The third-order valence-electron chi connectivity index (χ3n) is 4.91. The molecule has 0 unspecified atom stereocenters. The summed E-state index contributed by atoms with van der Waals surface area (Å²) in [6, 6.07) is 25.8. The summed E-state index contributed by atoms with van der Waals surface area (Å²) in [6.45, 7) is 4.93. The molecular weight excluding hydrogens is 388 g/mol. The number of rotatable bonds is 8. The highest BCUT2D eigenvalue weighted by molar-refractivity contribution is 5.96. The summed E-state index contributed by atoms with van der Waals surface area (Å²) in [4.78, 5) is 25.5. The smallest absolute Gasteiger partial charge is 0.269 e. The molecule has 0 fully saturated rings. The van der Waals surface area contributed by atoms with Crippen LogP contribution in [0.1, 0.15) is 47.7 Å². The van der Waals surface area contributed by atoms with Crippen molar-refractivity contribution in [1.29, 1.82) is 0 Å². The first kappa shape index (κ1) is 22.1. The average molecular weight is 417 g/mol. The Hall–Kier alpha value is -3.60. The molecule has 0 aliphatic heterocycles. The van der Waals surface area contributed by atoms with E-state index >= 15 is 0 Å². The van der Waals surface area contributed by atoms with Gasteiger partial charge in [0.15, 0.2) is 0 Å². The topological polar surface area (TPSA) is 67.4 Å². The number of carbonyl (C=O) groups is 2. The summed E-state index contributed by atoms with van der Waals surface area (Å²) >= 11 is 0. The predicted molar refractivity (Wildman–Crippen MR) is 122 cm³/mol. The fraction of sp³-hybridized carbons (Fsp3) is 0.231. The first-order chi connectivity index (χ1) is 15.0. The van der Waals surface area contributed by atoms with E-state index in [-0.39, 0.29) is 11.8 Å². The summed E-state index contributed by atoms with van der Waals surface area (Å²) in [7, 11) is 0. The van der Waals surface area contributed by atoms with Crippen molar-refractivity contribution >= 4 is 11.8 Å². The van der Waals surface area contributed by atoms with Crippen LogP contribution in [0.25, 0.3) is 0 Å². The molecule has 2 N–H and O–H groups in total. The second-order valence-electron chi connectivity index (χ2n) is 7.75. The Morgan fingerprint density at radius 2 is 1.32 bits per heavy atom. The number of carbonyl (C=O) groups excluding carboxylic acids is 2. The van der Waals surface area contributed by atoms with Gasteiger partial charge in [-0.1, -0.05) is 74.5 Å². The molecule has 31 heavy (non-hydrogen) atoms. The molecule has 0 radical (unpaired) electrons. The molecular formula is C26H28N2O3. The minimum absolute atomic E-state index is 0.306. The molecule has 3 rings (SSSR count). The van der Waals surface area contributed by atoms with Gasteiger partial charge in [-0.05, 0) is 47.7 Å². The van der Waals surface area contributed by atoms with Gasteiger partial charge in [0.2, 0.25) is 5.91 Å². The van der Waals surface area contributed by atoms with Gasteiger partial charge < -0.3 is 4.74 Å². The maximum absolute atomic E-state index is 13.0. The van der Waals surface area contributed by atoms with Crippen LogP contribution in [-0.2, 0) is 4.79 Å². The summed E-state index contributed by atoms with van der Waals surface area (Å²) in [5.41, 5.74) is 7.22. The van der Waals surface area contributed by atoms with Crippen molar-refractivity contribution < 1.29 is 14.3 Å². The number of hydrogen-bond acceptors (Lipinski definition) is 3. The van der Waals surface area contributed by atoms with E-state index in [9.17, 15) is 9.59 Å². The lowest BCUT2D eigenvalue weighted by molar-refractivity contribution is -0.122. The second kappa shape index (κ2) is 11.0. The van der Waals surface area contributed by atoms with Crippen LogP contribution in [0.5, 0.6) is 5.75 Å². The van der Waals surface area contributed by atoms with Gasteiger partial charge in [0, 0.05) is 5.56 Å². The Kier molecular flexibility index (Phi) is 7.82. The molecule has 5 nitrogen and oxygen atoms in total. The molecule has 0 aliphatic rings. The fourth-order valence-corrected chi connectivity index (χ4v) is 3.16. The van der Waals surface area contributed by atoms with E-state index in [0.717, 1.165) is 23.3 Å². The highest BCUT2D eigenvalue weighted by Crippen LogP contribution is 2.24. The van der Waals surface area contributed by atoms with E-state index in [2.05, 4.69) is 24.7 Å². The molecule has 2 amide bonds. The maximum Gasteiger partial charge on any atom is 0.269 e. The zero-order valence-electron chi connectivity index (χ0n) is 17.9. The van der Waals surface area contributed by atoms with Gasteiger partial charge in [-0.3, -0.25) is 20.4 Å². The van der Waals surface area contributed by atoms with Gasteiger partial charge >= 0.3 is 0 Å². The van der Waals surface area contributed by atoms with E-state index in [1.807, 2.05) is 60.7 Å². The third-order valence-corrected chi connectivity index (χ3v) is 4.91. The fourth-order valence-electron chi connectivity index (χ4n) is 3.16. The Balaban J connectivity index is 1.62. The van der Waals surface area contributed by atoms with Crippen LogP contribution < -0.4 is 15.6 Å². The van der Waals surface area contributed by atoms with Crippen molar-refractivity contribution in [3.8, 4) is 5.75 Å². The van der Waals surface area contributed by atoms with E-state index in [0.29, 0.717) is 18.1 Å². The van der Waals surface area contributed by atoms with Crippen molar-refractivity contribution in [2.24, 2.45) is 5.92 Å². The van der Waals surface area contributed by atoms with Crippen molar-refractivity contribution in [2.75, 3.05) is 6.61 Å². The van der Waals surface area contributed by atoms with Crippen LogP contribution in [0, 0.1) is 5.92 Å². The predicted octanol–water partition coefficient (Wildman–Crippen LogP) is 4.70. The summed E-state index contributed by atoms with van der Waals surface area (Å²) in [5.74, 6) is 0.0690. The number of ether oxygens (including phenoxy) is 1. The van der Waals surface area contributed by atoms with Crippen LogP contribution in [0.3, 0.4) is 0 Å². The minimum atomic E-state index is -0.528. The molecule has 0 aliphatic carbocycles. The summed E-state index contributed by atoms with van der Waals surface area (Å²) in [5, 5.41) is 0. The molecule has 0 heterocycles. The third kappa shape index (κ3) is 6.44. The quantitative estimate of drug-likeness (QED) is 0.523. The zero-order chi connectivity index (χ0) is 22.1. The van der Waals surface area contributed by atoms with Gasteiger partial charge in [0.1, 0.15) is 5.75 Å². The van der Waals surface area contributed by atoms with Gasteiger partial charge in [-0.15, -0.1) is 0 Å². The van der Waals surface area contributed by atoms with Crippen LogP contribution in [0.2, 0.25) is 0 Å². The average Bonchev–Trinajstić information content (AvgIpc) is 2.79. The normalized spacial score (nSPS) is 10.7. The van der Waals surface area contributed by atoms with E-state index < -0.39 is 5.92 Å². The molecule has 3 aromatic carbocycles. The number of hydrogen-bond donors (Lipinski definition) is 2. The Morgan fingerprint density at radius 3 is 1.84 bits per heavy atom. The Morgan fingerprint density at radius 1 is 0.774 bits per heavy atom. The van der Waals surface area contributed by atoms with Crippen molar-refractivity contribution in [1.82, 2.24) is 10.9 Å². The van der Waals surface area contributed by atoms with Gasteiger partial charge in [-0.25, -0.2) is 0 Å². The van der Waals surface area contributed by atoms with Crippen molar-refractivity contribution in [2.45, 2.75) is 26.2 Å². The Bertz CT molecular complexity index is 931. The van der Waals surface area contributed by atoms with E-state index in [4.69, 9.17) is 4.74 Å². The highest BCUT2D eigenvalue weighted by atomic mass is 16.5. The van der Waals surface area contributed by atoms with Crippen LogP contribution in [-0.4, -0.2) is 18.4 Å². The minimum Gasteiger partial charge on any atom is -0.494 e. The van der Waals surface area contributed by atoms with Gasteiger partial charge in [0.05, 0.1) is 12.5 Å². The van der Waals surface area contributed by atoms with Gasteiger partial charge in [-0.2, -0.15) is 0 Å². The molecule has 160 valence electrons. The maximum atomic E-state index is 13.0. The number of benzene rings is 3. The van der Waals surface area contributed by atoms with Crippen LogP contribution in [0.15, 0.2) is 84.9 Å². The summed E-state index contributed by atoms with van der Waals surface area (Å²) in [6.07, 6.45) is 0.971. The standard InChI is InChI=1S/C26H28N2O3/c1-19(2)17-18-31-23-15-13-22(14-16-23)25(29)27-28-26(30)24(20-9-5-3-6-10-20)21-11-7-4-8-12-21/h3-16,19,24H,17-18H2,1-2H3,(H,27,29)(H,28,30). The first-order valence-corrected chi connectivity index (χ1v) is 10.5. The van der Waals surface area contributed by atoms with Crippen molar-refractivity contribution in [3.63, 3.8) is 0 Å². The molecule has 0 aromatic heterocycles. The largest absolute Gasteiger partial charge is 0.494 e. The zero-order valence-corrected chi connectivity index (χ0v) is 17.9. The van der Waals surface area contributed by atoms with E-state index in [1.165, 1.54) is 0 Å². The van der Waals surface area contributed by atoms with E-state index in [1.54, 1.807) is 24.3 Å². The molecule has 0 atom stereocenters. The highest BCUT2D eigenvalue weighted by Gasteiger charge is 2.23. The van der Waals surface area contributed by atoms with Crippen LogP contribution >= 0.6 is 0 Å². The molecule has 0 bridgehead atoms. The lowest BCUT2D eigenvalue weighted by Gasteiger charge is -2.18. The monoisotopic (exact) mass is 416 g/mol. The molecule has 3 aromatic rings. The molecule has 5 heteroatoms. The first-order valence-electron chi connectivity index (χ1n) is 10.5. The Labute approximate surface area is 183 Å². The molecule has 0 saturated carbocycles. The van der Waals surface area contributed by atoms with Crippen molar-refractivity contribution in [3.05, 3.63) is 102 Å². The second-order valence-corrected chi connectivity index (χ2v) is 7.75. The SMILES string of the molecule is CC(C)CCOc1ccc(C(=O)NNC(=O)C(c2ccccc2)c2ccccc2)cc1. The summed E-state index contributed by atoms with van der Waals surface area (Å²) < 4.78 is 5.68. The number of hydrazine groups is 1. The molecule has 0 spiro atoms. The van der Waals surface area contributed by atoms with Gasteiger partial charge in [0.25, 0.3) is 5.91 Å². The molecule has 0 saturated heterocycles. The lowest BCUT2D eigenvalue weighted by Crippen LogP contribution is -2.44. The van der Waals surface area contributed by atoms with Crippen LogP contribution in [0.4, 0.5) is 0 Å². The number of nitrogens with one attached hydrogen (secondary N) is 2. The number of amides is 2. The lowest BCUT2D eigenvalue weighted by atomic mass is 9.91.